The van der Waals surface area contributed by atoms with Crippen molar-refractivity contribution in [2.24, 2.45) is 16.7 Å². The average Bonchev–Trinajstić information content (AvgIpc) is 3.18. The molecule has 0 unspecified atom stereocenters. The lowest BCUT2D eigenvalue weighted by molar-refractivity contribution is -0.167. The minimum absolute atomic E-state index is 0.0392. The molecular weight excluding hydrogens is 440 g/mol. The minimum atomic E-state index is -0.764. The summed E-state index contributed by atoms with van der Waals surface area (Å²) in [7, 11) is 0. The number of benzene rings is 1. The number of carbonyl (C=O) groups is 4. The van der Waals surface area contributed by atoms with Crippen LogP contribution in [0.15, 0.2) is 41.5 Å². The van der Waals surface area contributed by atoms with E-state index in [2.05, 4.69) is 0 Å². The van der Waals surface area contributed by atoms with Crippen LogP contribution >= 0.6 is 0 Å². The Morgan fingerprint density at radius 3 is 2.38 bits per heavy atom. The molecule has 2 aliphatic carbocycles. The van der Waals surface area contributed by atoms with Gasteiger partial charge in [-0.1, -0.05) is 31.5 Å². The second kappa shape index (κ2) is 9.24. The summed E-state index contributed by atoms with van der Waals surface area (Å²) >= 11 is 0. The number of carbonyl (C=O) groups excluding carboxylic acids is 4. The second-order valence-corrected chi connectivity index (χ2v) is 9.75. The first kappa shape index (κ1) is 24.0. The van der Waals surface area contributed by atoms with E-state index >= 15 is 0 Å². The quantitative estimate of drug-likeness (QED) is 0.460. The lowest BCUT2D eigenvalue weighted by atomic mass is 9.48. The van der Waals surface area contributed by atoms with Crippen LogP contribution in [0.5, 0.6) is 0 Å². The third-order valence-corrected chi connectivity index (χ3v) is 7.46. The Morgan fingerprint density at radius 1 is 1.03 bits per heavy atom. The van der Waals surface area contributed by atoms with Crippen LogP contribution in [0.3, 0.4) is 0 Å². The highest BCUT2D eigenvalue weighted by Gasteiger charge is 2.62. The van der Waals surface area contributed by atoms with Crippen molar-refractivity contribution in [3.8, 4) is 0 Å². The molecule has 8 nitrogen and oxygen atoms in total. The Labute approximate surface area is 198 Å². The molecule has 8 heteroatoms. The largest absolute Gasteiger partial charge is 0.465 e. The topological polar surface area (TPSA) is 105 Å². The standard InChI is InChI=1S/C26H30O8/c1-16(27)32-14-25(3)10-7-11-26(15-33-17(2)28)20-13-31-24(30)19(20)12-21(22(25)26)34-23(29)18-8-5-4-6-9-18/h4-6,8-9,21-22H,7,10-15H2,1-3H3/t21-,22+,25-,26+/m1/s1. The van der Waals surface area contributed by atoms with E-state index in [1.165, 1.54) is 13.8 Å². The molecule has 34 heavy (non-hydrogen) atoms. The van der Waals surface area contributed by atoms with Gasteiger partial charge < -0.3 is 18.9 Å². The van der Waals surface area contributed by atoms with E-state index < -0.39 is 40.8 Å². The van der Waals surface area contributed by atoms with Crippen LogP contribution in [0.4, 0.5) is 0 Å². The molecule has 3 aliphatic rings. The summed E-state index contributed by atoms with van der Waals surface area (Å²) in [6.07, 6.45) is 1.64. The van der Waals surface area contributed by atoms with Crippen LogP contribution in [-0.4, -0.2) is 49.8 Å². The van der Waals surface area contributed by atoms with Crippen molar-refractivity contribution in [1.29, 1.82) is 0 Å². The van der Waals surface area contributed by atoms with Crippen molar-refractivity contribution in [2.45, 2.75) is 52.6 Å². The molecule has 182 valence electrons. The number of esters is 4. The van der Waals surface area contributed by atoms with E-state index in [1.807, 2.05) is 13.0 Å². The lowest BCUT2D eigenvalue weighted by Gasteiger charge is -2.57. The maximum Gasteiger partial charge on any atom is 0.338 e. The highest BCUT2D eigenvalue weighted by Crippen LogP contribution is 2.61. The summed E-state index contributed by atoms with van der Waals surface area (Å²) in [5.74, 6) is -2.11. The first-order valence-corrected chi connectivity index (χ1v) is 11.6. The molecular formula is C26H30O8. The maximum atomic E-state index is 13.1. The van der Waals surface area contributed by atoms with Gasteiger partial charge in [-0.05, 0) is 30.5 Å². The fourth-order valence-electron chi connectivity index (χ4n) is 6.13. The molecule has 1 aromatic rings. The van der Waals surface area contributed by atoms with Crippen LogP contribution in [-0.2, 0) is 33.3 Å². The highest BCUT2D eigenvalue weighted by molar-refractivity contribution is 5.93. The number of hydrogen-bond donors (Lipinski definition) is 0. The molecule has 0 aromatic heterocycles. The molecule has 1 fully saturated rings. The van der Waals surface area contributed by atoms with Crippen molar-refractivity contribution < 1.29 is 38.1 Å². The van der Waals surface area contributed by atoms with Gasteiger partial charge in [0, 0.05) is 42.6 Å². The zero-order valence-electron chi connectivity index (χ0n) is 19.8. The molecule has 0 spiro atoms. The van der Waals surface area contributed by atoms with Gasteiger partial charge in [0.15, 0.2) is 0 Å². The highest BCUT2D eigenvalue weighted by atomic mass is 16.6. The van der Waals surface area contributed by atoms with Crippen LogP contribution < -0.4 is 0 Å². The monoisotopic (exact) mass is 470 g/mol. The Morgan fingerprint density at radius 2 is 1.71 bits per heavy atom. The van der Waals surface area contributed by atoms with Crippen molar-refractivity contribution >= 4 is 23.9 Å². The van der Waals surface area contributed by atoms with Crippen molar-refractivity contribution in [2.75, 3.05) is 19.8 Å². The molecule has 0 radical (unpaired) electrons. The Hall–Kier alpha value is -3.16. The van der Waals surface area contributed by atoms with Gasteiger partial charge in [0.05, 0.1) is 12.2 Å². The molecule has 1 heterocycles. The van der Waals surface area contributed by atoms with E-state index in [1.54, 1.807) is 24.3 Å². The Bertz CT molecular complexity index is 1030. The van der Waals surface area contributed by atoms with Gasteiger partial charge in [0.1, 0.15) is 19.3 Å². The van der Waals surface area contributed by atoms with Crippen LogP contribution in [0.1, 0.15) is 56.8 Å². The lowest BCUT2D eigenvalue weighted by Crippen LogP contribution is -2.58. The van der Waals surface area contributed by atoms with E-state index in [0.29, 0.717) is 17.6 Å². The van der Waals surface area contributed by atoms with E-state index in [0.717, 1.165) is 18.4 Å². The molecule has 0 bridgehead atoms. The fraction of sp³-hybridized carbons (Fsp3) is 0.538. The third kappa shape index (κ3) is 4.33. The Balaban J connectivity index is 1.79. The van der Waals surface area contributed by atoms with E-state index in [4.69, 9.17) is 18.9 Å². The predicted molar refractivity (Wildman–Crippen MR) is 119 cm³/mol. The van der Waals surface area contributed by atoms with Crippen LogP contribution in [0.25, 0.3) is 0 Å². The number of hydrogen-bond acceptors (Lipinski definition) is 8. The summed E-state index contributed by atoms with van der Waals surface area (Å²) in [4.78, 5) is 49.3. The average molecular weight is 471 g/mol. The maximum absolute atomic E-state index is 13.1. The Kier molecular flexibility index (Phi) is 6.51. The van der Waals surface area contributed by atoms with Crippen LogP contribution in [0.2, 0.25) is 0 Å². The third-order valence-electron chi connectivity index (χ3n) is 7.46. The number of fused-ring (bicyclic) bond motifs is 2. The molecule has 0 saturated heterocycles. The van der Waals surface area contributed by atoms with Gasteiger partial charge >= 0.3 is 23.9 Å². The number of ether oxygens (including phenoxy) is 4. The van der Waals surface area contributed by atoms with Crippen molar-refractivity contribution in [1.82, 2.24) is 0 Å². The number of rotatable bonds is 6. The molecule has 1 aliphatic heterocycles. The zero-order valence-corrected chi connectivity index (χ0v) is 19.8. The fourth-order valence-corrected chi connectivity index (χ4v) is 6.13. The van der Waals surface area contributed by atoms with Crippen LogP contribution in [0, 0.1) is 16.7 Å². The smallest absolute Gasteiger partial charge is 0.338 e. The van der Waals surface area contributed by atoms with Gasteiger partial charge in [-0.25, -0.2) is 9.59 Å². The summed E-state index contributed by atoms with van der Waals surface area (Å²) < 4.78 is 22.5. The molecule has 0 amide bonds. The molecule has 4 rings (SSSR count). The first-order chi connectivity index (χ1) is 16.2. The van der Waals surface area contributed by atoms with Gasteiger partial charge in [-0.2, -0.15) is 0 Å². The summed E-state index contributed by atoms with van der Waals surface area (Å²) in [5, 5.41) is 0. The zero-order chi connectivity index (χ0) is 24.5. The molecule has 1 aromatic carbocycles. The minimum Gasteiger partial charge on any atom is -0.465 e. The predicted octanol–water partition coefficient (Wildman–Crippen LogP) is 3.39. The summed E-state index contributed by atoms with van der Waals surface area (Å²) in [6.45, 7) is 5.00. The van der Waals surface area contributed by atoms with Crippen molar-refractivity contribution in [3.05, 3.63) is 47.0 Å². The van der Waals surface area contributed by atoms with E-state index in [-0.39, 0.29) is 32.2 Å². The van der Waals surface area contributed by atoms with Crippen molar-refractivity contribution in [3.63, 3.8) is 0 Å². The van der Waals surface area contributed by atoms with Gasteiger partial charge in [-0.3, -0.25) is 9.59 Å². The normalized spacial score (nSPS) is 30.0. The second-order valence-electron chi connectivity index (χ2n) is 9.75. The van der Waals surface area contributed by atoms with Gasteiger partial charge in [-0.15, -0.1) is 0 Å². The first-order valence-electron chi connectivity index (χ1n) is 11.6. The molecule has 1 saturated carbocycles. The molecule has 4 atom stereocenters. The summed E-state index contributed by atoms with van der Waals surface area (Å²) in [5.41, 5.74) is 0.366. The SMILES string of the molecule is CC(=O)OC[C@@]1(C)CCC[C@]2(COC(C)=O)C3=C(C[C@@H](OC(=O)c4ccccc4)[C@@H]12)C(=O)OC3. The van der Waals surface area contributed by atoms with E-state index in [9.17, 15) is 19.2 Å². The summed E-state index contributed by atoms with van der Waals surface area (Å²) in [6, 6.07) is 8.66. The molecule has 0 N–H and O–H groups in total. The van der Waals surface area contributed by atoms with Gasteiger partial charge in [0.25, 0.3) is 0 Å². The van der Waals surface area contributed by atoms with Gasteiger partial charge in [0.2, 0.25) is 0 Å². The number of cyclic esters (lactones) is 1.